The highest BCUT2D eigenvalue weighted by molar-refractivity contribution is 7.10. The van der Waals surface area contributed by atoms with Crippen molar-refractivity contribution >= 4 is 34.5 Å². The summed E-state index contributed by atoms with van der Waals surface area (Å²) in [6.07, 6.45) is 3.53. The maximum absolute atomic E-state index is 6.21. The first-order chi connectivity index (χ1) is 9.22. The summed E-state index contributed by atoms with van der Waals surface area (Å²) in [6.45, 7) is 1.13. The van der Waals surface area contributed by atoms with Crippen LogP contribution < -0.4 is 5.32 Å². The molecule has 0 radical (unpaired) electrons. The number of nitrogens with one attached hydrogen (secondary N) is 1. The number of rotatable bonds is 3. The van der Waals surface area contributed by atoms with Crippen LogP contribution in [0.2, 0.25) is 10.0 Å². The third-order valence-corrected chi connectivity index (χ3v) is 4.76. The molecule has 1 aliphatic heterocycles. The minimum atomic E-state index is 0.583. The van der Waals surface area contributed by atoms with Crippen molar-refractivity contribution in [1.29, 1.82) is 0 Å². The highest BCUT2D eigenvalue weighted by Gasteiger charge is 2.17. The summed E-state index contributed by atoms with van der Waals surface area (Å²) in [5.74, 6) is 0. The summed E-state index contributed by atoms with van der Waals surface area (Å²) < 4.78 is 0. The van der Waals surface area contributed by atoms with E-state index in [-0.39, 0.29) is 0 Å². The number of hydrogen-bond donors (Lipinski definition) is 1. The lowest BCUT2D eigenvalue weighted by atomic mass is 10.1. The van der Waals surface area contributed by atoms with Crippen molar-refractivity contribution in [2.24, 2.45) is 0 Å². The number of benzene rings is 1. The molecule has 1 fully saturated rings. The van der Waals surface area contributed by atoms with Crippen molar-refractivity contribution in [3.8, 4) is 11.3 Å². The van der Waals surface area contributed by atoms with Gasteiger partial charge in [-0.25, -0.2) is 4.98 Å². The van der Waals surface area contributed by atoms with Crippen LogP contribution in [0.5, 0.6) is 0 Å². The first-order valence-corrected chi connectivity index (χ1v) is 7.99. The van der Waals surface area contributed by atoms with E-state index in [0.717, 1.165) is 24.2 Å². The van der Waals surface area contributed by atoms with Crippen molar-refractivity contribution in [3.63, 3.8) is 0 Å². The quantitative estimate of drug-likeness (QED) is 0.908. The van der Waals surface area contributed by atoms with Crippen molar-refractivity contribution in [1.82, 2.24) is 10.3 Å². The average molecular weight is 313 g/mol. The molecule has 2 nitrogen and oxygen atoms in total. The lowest BCUT2D eigenvalue weighted by Crippen LogP contribution is -2.23. The topological polar surface area (TPSA) is 24.9 Å². The van der Waals surface area contributed by atoms with Gasteiger partial charge in [0.25, 0.3) is 0 Å². The van der Waals surface area contributed by atoms with Crippen LogP contribution in [-0.2, 0) is 6.42 Å². The molecule has 2 heterocycles. The fraction of sp³-hybridized carbons (Fsp3) is 0.357. The van der Waals surface area contributed by atoms with E-state index in [9.17, 15) is 0 Å². The molecule has 3 rings (SSSR count). The van der Waals surface area contributed by atoms with Crippen LogP contribution in [0.15, 0.2) is 23.6 Å². The van der Waals surface area contributed by atoms with Crippen LogP contribution in [0, 0.1) is 0 Å². The molecule has 5 heteroatoms. The Balaban J connectivity index is 1.80. The molecule has 1 N–H and O–H groups in total. The first-order valence-electron chi connectivity index (χ1n) is 6.35. The molecule has 1 unspecified atom stereocenters. The second-order valence-corrected chi connectivity index (χ2v) is 6.53. The van der Waals surface area contributed by atoms with E-state index in [2.05, 4.69) is 15.7 Å². The predicted octanol–water partition coefficient (Wildman–Crippen LogP) is 4.41. The average Bonchev–Trinajstić information content (AvgIpc) is 3.01. The number of hydrogen-bond acceptors (Lipinski definition) is 3. The molecule has 0 saturated carbocycles. The molecular weight excluding hydrogens is 299 g/mol. The van der Waals surface area contributed by atoms with Crippen LogP contribution in [-0.4, -0.2) is 17.6 Å². The molecule has 1 aromatic carbocycles. The van der Waals surface area contributed by atoms with Crippen LogP contribution in [0.25, 0.3) is 11.3 Å². The molecule has 1 aromatic heterocycles. The molecule has 0 aliphatic carbocycles. The van der Waals surface area contributed by atoms with Crippen LogP contribution in [0.4, 0.5) is 0 Å². The van der Waals surface area contributed by atoms with Crippen molar-refractivity contribution < 1.29 is 0 Å². The van der Waals surface area contributed by atoms with E-state index in [0.29, 0.717) is 16.1 Å². The Kier molecular flexibility index (Phi) is 4.08. The molecule has 1 atom stereocenters. The van der Waals surface area contributed by atoms with Gasteiger partial charge in [0.2, 0.25) is 0 Å². The third-order valence-electron chi connectivity index (χ3n) is 3.34. The van der Waals surface area contributed by atoms with Gasteiger partial charge in [-0.2, -0.15) is 0 Å². The van der Waals surface area contributed by atoms with Crippen LogP contribution in [0.3, 0.4) is 0 Å². The molecule has 0 amide bonds. The van der Waals surface area contributed by atoms with E-state index >= 15 is 0 Å². The Hall–Kier alpha value is -0.610. The second kappa shape index (κ2) is 5.80. The number of aromatic nitrogens is 1. The van der Waals surface area contributed by atoms with Crippen molar-refractivity contribution in [2.75, 3.05) is 6.54 Å². The minimum absolute atomic E-state index is 0.583. The van der Waals surface area contributed by atoms with Gasteiger partial charge < -0.3 is 5.32 Å². The maximum Gasteiger partial charge on any atom is 0.0948 e. The lowest BCUT2D eigenvalue weighted by Gasteiger charge is -2.06. The Morgan fingerprint density at radius 1 is 1.37 bits per heavy atom. The monoisotopic (exact) mass is 312 g/mol. The smallest absolute Gasteiger partial charge is 0.0948 e. The van der Waals surface area contributed by atoms with Gasteiger partial charge in [0.15, 0.2) is 0 Å². The summed E-state index contributed by atoms with van der Waals surface area (Å²) in [5, 5.41) is 8.04. The van der Waals surface area contributed by atoms with E-state index in [1.807, 2.05) is 12.1 Å². The number of thiazole rings is 1. The lowest BCUT2D eigenvalue weighted by molar-refractivity contribution is 0.601. The molecule has 100 valence electrons. The molecule has 2 aromatic rings. The normalized spacial score (nSPS) is 18.9. The molecule has 0 spiro atoms. The summed E-state index contributed by atoms with van der Waals surface area (Å²) in [4.78, 5) is 4.69. The summed E-state index contributed by atoms with van der Waals surface area (Å²) in [6, 6.07) is 6.12. The fourth-order valence-corrected chi connectivity index (χ4v) is 3.75. The van der Waals surface area contributed by atoms with Gasteiger partial charge in [-0.05, 0) is 37.6 Å². The molecule has 1 saturated heterocycles. The van der Waals surface area contributed by atoms with Gasteiger partial charge in [-0.15, -0.1) is 11.3 Å². The Labute approximate surface area is 126 Å². The standard InChI is InChI=1S/C14H14Cl2N2S/c15-9-3-4-11(12(16)6-9)13-8-19-14(18-13)7-10-2-1-5-17-10/h3-4,6,8,10,17H,1-2,5,7H2. The highest BCUT2D eigenvalue weighted by atomic mass is 35.5. The van der Waals surface area contributed by atoms with E-state index < -0.39 is 0 Å². The van der Waals surface area contributed by atoms with Crippen molar-refractivity contribution in [3.05, 3.63) is 38.6 Å². The first kappa shape index (κ1) is 13.4. The fourth-order valence-electron chi connectivity index (χ4n) is 2.37. The number of halogens is 2. The maximum atomic E-state index is 6.21. The van der Waals surface area contributed by atoms with Gasteiger partial charge in [-0.1, -0.05) is 23.2 Å². The second-order valence-electron chi connectivity index (χ2n) is 4.75. The summed E-state index contributed by atoms with van der Waals surface area (Å²) in [7, 11) is 0. The predicted molar refractivity (Wildman–Crippen MR) is 82.3 cm³/mol. The molecular formula is C14H14Cl2N2S. The van der Waals surface area contributed by atoms with E-state index in [4.69, 9.17) is 23.2 Å². The zero-order chi connectivity index (χ0) is 13.2. The zero-order valence-electron chi connectivity index (χ0n) is 10.3. The van der Waals surface area contributed by atoms with Crippen molar-refractivity contribution in [2.45, 2.75) is 25.3 Å². The Bertz CT molecular complexity index is 577. The SMILES string of the molecule is Clc1ccc(-c2csc(CC3CCCN3)n2)c(Cl)c1. The van der Waals surface area contributed by atoms with Gasteiger partial charge in [0.05, 0.1) is 15.7 Å². The third kappa shape index (κ3) is 3.11. The largest absolute Gasteiger partial charge is 0.314 e. The zero-order valence-corrected chi connectivity index (χ0v) is 12.7. The van der Waals surface area contributed by atoms with Gasteiger partial charge >= 0.3 is 0 Å². The van der Waals surface area contributed by atoms with Crippen LogP contribution in [0.1, 0.15) is 17.8 Å². The summed E-state index contributed by atoms with van der Waals surface area (Å²) >= 11 is 13.8. The Morgan fingerprint density at radius 3 is 3.00 bits per heavy atom. The van der Waals surface area contributed by atoms with E-state index in [1.54, 1.807) is 17.4 Å². The molecule has 0 bridgehead atoms. The molecule has 1 aliphatic rings. The van der Waals surface area contributed by atoms with E-state index in [1.165, 1.54) is 17.8 Å². The van der Waals surface area contributed by atoms with Gasteiger partial charge in [0, 0.05) is 28.4 Å². The summed E-state index contributed by atoms with van der Waals surface area (Å²) in [5.41, 5.74) is 1.90. The minimum Gasteiger partial charge on any atom is -0.314 e. The Morgan fingerprint density at radius 2 is 2.26 bits per heavy atom. The number of nitrogens with zero attached hydrogens (tertiary/aromatic N) is 1. The highest BCUT2D eigenvalue weighted by Crippen LogP contribution is 2.31. The van der Waals surface area contributed by atoms with Gasteiger partial charge in [-0.3, -0.25) is 0 Å². The molecule has 19 heavy (non-hydrogen) atoms. The van der Waals surface area contributed by atoms with Crippen LogP contribution >= 0.6 is 34.5 Å². The van der Waals surface area contributed by atoms with Gasteiger partial charge in [0.1, 0.15) is 0 Å².